The quantitative estimate of drug-likeness (QED) is 0.174. The van der Waals surface area contributed by atoms with Crippen LogP contribution in [0.3, 0.4) is 0 Å². The average Bonchev–Trinajstić information content (AvgIpc) is 3.11. The first-order valence-corrected chi connectivity index (χ1v) is 19.1. The molecule has 0 atom stereocenters. The minimum Gasteiger partial charge on any atom is -0.311 e. The molecule has 4 fully saturated rings. The molecule has 0 N–H and O–H groups in total. The first-order chi connectivity index (χ1) is 23.9. The molecule has 3 aliphatic heterocycles. The molecular formula is C46H45BN2. The Hall–Kier alpha value is -4.24. The van der Waals surface area contributed by atoms with Gasteiger partial charge in [-0.05, 0) is 143 Å². The lowest BCUT2D eigenvalue weighted by atomic mass is 9.32. The molecule has 5 aromatic rings. The third-order valence-corrected chi connectivity index (χ3v) is 13.9. The average molecular weight is 637 g/mol. The second-order valence-corrected chi connectivity index (χ2v) is 17.3. The van der Waals surface area contributed by atoms with E-state index in [0.29, 0.717) is 0 Å². The van der Waals surface area contributed by atoms with Gasteiger partial charge in [-0.2, -0.15) is 0 Å². The lowest BCUT2D eigenvalue weighted by molar-refractivity contribution is -0.0419. The maximum absolute atomic E-state index is 2.71. The fraction of sp³-hybridized carbons (Fsp3) is 0.348. The van der Waals surface area contributed by atoms with Gasteiger partial charge in [0, 0.05) is 33.9 Å². The summed E-state index contributed by atoms with van der Waals surface area (Å²) in [5.41, 5.74) is 18.7. The van der Waals surface area contributed by atoms with Crippen LogP contribution in [0.1, 0.15) is 82.1 Å². The summed E-state index contributed by atoms with van der Waals surface area (Å²) in [6, 6.07) is 40.9. The van der Waals surface area contributed by atoms with E-state index in [0.717, 1.165) is 30.1 Å². The van der Waals surface area contributed by atoms with E-state index in [-0.39, 0.29) is 17.5 Å². The Morgan fingerprint density at radius 2 is 1.29 bits per heavy atom. The first-order valence-electron chi connectivity index (χ1n) is 19.1. The highest BCUT2D eigenvalue weighted by Gasteiger charge is 2.62. The summed E-state index contributed by atoms with van der Waals surface area (Å²) in [4.78, 5) is 5.28. The number of nitrogens with zero attached hydrogens (tertiary/aromatic N) is 2. The molecule has 0 radical (unpaired) electrons. The van der Waals surface area contributed by atoms with E-state index in [4.69, 9.17) is 0 Å². The smallest absolute Gasteiger partial charge is 0.252 e. The second kappa shape index (κ2) is 9.72. The van der Waals surface area contributed by atoms with E-state index in [1.165, 1.54) is 93.7 Å². The molecule has 7 aliphatic rings. The predicted octanol–water partition coefficient (Wildman–Crippen LogP) is 9.68. The number of hydrogen-bond acceptors (Lipinski definition) is 2. The summed E-state index contributed by atoms with van der Waals surface area (Å²) < 4.78 is 0. The van der Waals surface area contributed by atoms with Gasteiger partial charge in [0.05, 0.1) is 5.69 Å². The number of hydrogen-bond donors (Lipinski definition) is 0. The second-order valence-electron chi connectivity index (χ2n) is 17.3. The van der Waals surface area contributed by atoms with Gasteiger partial charge in [-0.1, -0.05) is 94.4 Å². The fourth-order valence-electron chi connectivity index (χ4n) is 12.2. The van der Waals surface area contributed by atoms with Crippen molar-refractivity contribution < 1.29 is 0 Å². The third kappa shape index (κ3) is 3.59. The molecular weight excluding hydrogens is 591 g/mol. The minimum atomic E-state index is 0.0553. The van der Waals surface area contributed by atoms with Crippen LogP contribution in [-0.2, 0) is 17.3 Å². The van der Waals surface area contributed by atoms with Crippen LogP contribution in [-0.4, -0.2) is 6.71 Å². The van der Waals surface area contributed by atoms with E-state index < -0.39 is 0 Å². The minimum absolute atomic E-state index is 0.0553. The molecule has 4 bridgehead atoms. The fourth-order valence-corrected chi connectivity index (χ4v) is 12.2. The number of aryl methyl sites for hydroxylation is 1. The van der Waals surface area contributed by atoms with E-state index in [2.05, 4.69) is 141 Å². The molecule has 5 aromatic carbocycles. The van der Waals surface area contributed by atoms with E-state index in [9.17, 15) is 0 Å². The van der Waals surface area contributed by atoms with Crippen LogP contribution in [0.15, 0.2) is 103 Å². The summed E-state index contributed by atoms with van der Waals surface area (Å²) in [5.74, 6) is 3.34. The van der Waals surface area contributed by atoms with Gasteiger partial charge < -0.3 is 9.80 Å². The van der Waals surface area contributed by atoms with Gasteiger partial charge in [0.15, 0.2) is 0 Å². The summed E-state index contributed by atoms with van der Waals surface area (Å²) in [5, 5.41) is 0. The lowest BCUT2D eigenvalue weighted by Crippen LogP contribution is -2.64. The van der Waals surface area contributed by atoms with Gasteiger partial charge >= 0.3 is 0 Å². The zero-order valence-electron chi connectivity index (χ0n) is 29.3. The van der Waals surface area contributed by atoms with Gasteiger partial charge in [0.2, 0.25) is 0 Å². The zero-order chi connectivity index (χ0) is 32.8. The molecule has 12 rings (SSSR count). The van der Waals surface area contributed by atoms with Crippen LogP contribution in [0.2, 0.25) is 0 Å². The van der Waals surface area contributed by atoms with Crippen molar-refractivity contribution in [2.75, 3.05) is 9.80 Å². The SMILES string of the molecule is CCc1ccc(N2c3cc(C(C)(C)C)ccc3B3c4cccc5c4N(c4ccccc4C54C5CC6CC(C5)CC4C6)c4cccc2c43)cc1. The van der Waals surface area contributed by atoms with Crippen molar-refractivity contribution in [1.29, 1.82) is 0 Å². The van der Waals surface area contributed by atoms with Crippen molar-refractivity contribution >= 4 is 57.2 Å². The zero-order valence-corrected chi connectivity index (χ0v) is 29.3. The Bertz CT molecular complexity index is 2160. The Morgan fingerprint density at radius 1 is 0.633 bits per heavy atom. The van der Waals surface area contributed by atoms with Crippen LogP contribution in [0.4, 0.5) is 34.1 Å². The van der Waals surface area contributed by atoms with Crippen LogP contribution in [0.5, 0.6) is 0 Å². The molecule has 0 aromatic heterocycles. The summed E-state index contributed by atoms with van der Waals surface area (Å²) in [6.07, 6.45) is 8.14. The van der Waals surface area contributed by atoms with Crippen molar-refractivity contribution in [2.45, 2.75) is 77.0 Å². The van der Waals surface area contributed by atoms with Gasteiger partial charge in [-0.25, -0.2) is 0 Å². The number of fused-ring (bicyclic) bond motifs is 6. The Balaban J connectivity index is 1.21. The Labute approximate surface area is 292 Å². The van der Waals surface area contributed by atoms with Crippen molar-refractivity contribution in [3.63, 3.8) is 0 Å². The maximum Gasteiger partial charge on any atom is 0.252 e. The molecule has 4 saturated carbocycles. The number of benzene rings is 5. The summed E-state index contributed by atoms with van der Waals surface area (Å²) in [7, 11) is 0. The van der Waals surface area contributed by atoms with E-state index >= 15 is 0 Å². The molecule has 0 saturated heterocycles. The number of rotatable bonds is 2. The first kappa shape index (κ1) is 28.6. The highest BCUT2D eigenvalue weighted by molar-refractivity contribution is 7.00. The van der Waals surface area contributed by atoms with Gasteiger partial charge in [-0.15, -0.1) is 0 Å². The summed E-state index contributed by atoms with van der Waals surface area (Å²) >= 11 is 0. The maximum atomic E-state index is 2.71. The van der Waals surface area contributed by atoms with Gasteiger partial charge in [0.1, 0.15) is 0 Å². The van der Waals surface area contributed by atoms with E-state index in [1.54, 1.807) is 11.1 Å². The molecule has 2 nitrogen and oxygen atoms in total. The van der Waals surface area contributed by atoms with Crippen molar-refractivity contribution in [2.24, 2.45) is 23.7 Å². The van der Waals surface area contributed by atoms with Crippen LogP contribution >= 0.6 is 0 Å². The lowest BCUT2D eigenvalue weighted by Gasteiger charge is -2.64. The number of para-hydroxylation sites is 2. The predicted molar refractivity (Wildman–Crippen MR) is 206 cm³/mol. The molecule has 49 heavy (non-hydrogen) atoms. The van der Waals surface area contributed by atoms with Crippen LogP contribution in [0, 0.1) is 23.7 Å². The Morgan fingerprint density at radius 3 is 2.00 bits per heavy atom. The van der Waals surface area contributed by atoms with Gasteiger partial charge in [-0.3, -0.25) is 0 Å². The van der Waals surface area contributed by atoms with Crippen LogP contribution in [0.25, 0.3) is 0 Å². The third-order valence-electron chi connectivity index (χ3n) is 13.9. The molecule has 4 aliphatic carbocycles. The summed E-state index contributed by atoms with van der Waals surface area (Å²) in [6.45, 7) is 9.47. The van der Waals surface area contributed by atoms with Crippen molar-refractivity contribution in [1.82, 2.24) is 0 Å². The molecule has 3 heteroatoms. The standard InChI is InChI=1S/C46H45BN2/c1-5-28-16-19-34(20-17-28)48-40-14-9-15-41-43(40)47(37-21-18-31(27-42(37)48)45(2,3)4)38-12-8-11-36-44(38)49(41)39-13-7-6-10-35(39)46(36)32-23-29-22-30(25-32)26-33(46)24-29/h6-21,27,29-30,32-33H,5,22-26H2,1-4H3. The molecule has 242 valence electrons. The Kier molecular flexibility index (Phi) is 5.67. The normalized spacial score (nSPS) is 26.4. The topological polar surface area (TPSA) is 6.48 Å². The molecule has 3 heterocycles. The largest absolute Gasteiger partial charge is 0.311 e. The van der Waals surface area contributed by atoms with Crippen molar-refractivity contribution in [3.8, 4) is 0 Å². The van der Waals surface area contributed by atoms with E-state index in [1.807, 2.05) is 0 Å². The molecule has 0 unspecified atom stereocenters. The van der Waals surface area contributed by atoms with Crippen molar-refractivity contribution in [3.05, 3.63) is 125 Å². The highest BCUT2D eigenvalue weighted by atomic mass is 15.2. The van der Waals surface area contributed by atoms with Crippen LogP contribution < -0.4 is 26.2 Å². The number of anilines is 6. The van der Waals surface area contributed by atoms with Gasteiger partial charge in [0.25, 0.3) is 6.71 Å². The molecule has 1 spiro atoms. The molecule has 0 amide bonds. The highest BCUT2D eigenvalue weighted by Crippen LogP contribution is 2.69. The monoisotopic (exact) mass is 636 g/mol.